The van der Waals surface area contributed by atoms with Gasteiger partial charge >= 0.3 is 0 Å². The molecule has 0 aromatic heterocycles. The van der Waals surface area contributed by atoms with E-state index in [1.54, 1.807) is 0 Å². The van der Waals surface area contributed by atoms with E-state index < -0.39 is 33.4 Å². The predicted octanol–water partition coefficient (Wildman–Crippen LogP) is 5.09. The fourth-order valence-electron chi connectivity index (χ4n) is 3.25. The molecule has 0 radical (unpaired) electrons. The standard InChI is InChI=1S/C24H30F3N3O4S2/c1-13(24(2,3)4)12-35-34-17-8-16(9-17)30-36(32,33)21-7-14(5-6-20(21)28)23(31)29-15-10-18(25)22(27)19(26)11-15/h5-7,10-11,13,16-17,30H,8-9,12,28H2,1-4H3,(H,29,31)/t13-,16?,17?/m1/s1. The van der Waals surface area contributed by atoms with Crippen LogP contribution in [-0.2, 0) is 14.2 Å². The molecule has 2 aromatic rings. The number of carbonyl (C=O) groups excluding carboxylic acids is 1. The highest BCUT2D eigenvalue weighted by Gasteiger charge is 2.35. The van der Waals surface area contributed by atoms with Crippen molar-refractivity contribution < 1.29 is 30.6 Å². The van der Waals surface area contributed by atoms with Crippen molar-refractivity contribution in [1.29, 1.82) is 0 Å². The van der Waals surface area contributed by atoms with Crippen LogP contribution >= 0.6 is 12.0 Å². The first-order valence-electron chi connectivity index (χ1n) is 11.3. The maximum Gasteiger partial charge on any atom is 0.255 e. The number of benzene rings is 2. The number of amides is 1. The second-order valence-corrected chi connectivity index (χ2v) is 12.5. The van der Waals surface area contributed by atoms with Crippen LogP contribution in [0.2, 0.25) is 0 Å². The van der Waals surface area contributed by atoms with Crippen molar-refractivity contribution in [1.82, 2.24) is 4.72 Å². The number of hydrogen-bond donors (Lipinski definition) is 3. The van der Waals surface area contributed by atoms with Crippen molar-refractivity contribution >= 4 is 39.3 Å². The lowest BCUT2D eigenvalue weighted by atomic mass is 9.83. The Morgan fingerprint density at radius 2 is 1.78 bits per heavy atom. The summed E-state index contributed by atoms with van der Waals surface area (Å²) in [7, 11) is -4.06. The summed E-state index contributed by atoms with van der Waals surface area (Å²) in [6.07, 6.45) is 0.927. The normalized spacial score (nSPS) is 19.0. The molecule has 1 atom stereocenters. The van der Waals surface area contributed by atoms with Crippen molar-refractivity contribution in [3.63, 3.8) is 0 Å². The topological polar surface area (TPSA) is 111 Å². The van der Waals surface area contributed by atoms with E-state index in [4.69, 9.17) is 9.92 Å². The fraction of sp³-hybridized carbons (Fsp3) is 0.458. The molecule has 198 valence electrons. The lowest BCUT2D eigenvalue weighted by Crippen LogP contribution is -2.47. The van der Waals surface area contributed by atoms with Gasteiger partial charge in [0.15, 0.2) is 17.5 Å². The largest absolute Gasteiger partial charge is 0.398 e. The van der Waals surface area contributed by atoms with Crippen LogP contribution < -0.4 is 15.8 Å². The Morgan fingerprint density at radius 3 is 2.36 bits per heavy atom. The summed E-state index contributed by atoms with van der Waals surface area (Å²) in [5.74, 6) is -4.18. The SMILES string of the molecule is C[C@H](CSOC1CC(NS(=O)(=O)c2cc(C(=O)Nc3cc(F)c(F)c(F)c3)ccc2N)C1)C(C)(C)C. The first-order valence-corrected chi connectivity index (χ1v) is 13.7. The molecule has 1 amide bonds. The van der Waals surface area contributed by atoms with Crippen molar-refractivity contribution in [2.24, 2.45) is 11.3 Å². The molecule has 1 aliphatic carbocycles. The molecule has 36 heavy (non-hydrogen) atoms. The lowest BCUT2D eigenvalue weighted by Gasteiger charge is -2.35. The van der Waals surface area contributed by atoms with Crippen LogP contribution in [0.5, 0.6) is 0 Å². The van der Waals surface area contributed by atoms with Gasteiger partial charge in [0.05, 0.1) is 11.8 Å². The molecular weight excluding hydrogens is 515 g/mol. The van der Waals surface area contributed by atoms with E-state index in [2.05, 4.69) is 37.7 Å². The zero-order valence-corrected chi connectivity index (χ0v) is 22.0. The second-order valence-electron chi connectivity index (χ2n) is 10.0. The molecule has 0 heterocycles. The maximum atomic E-state index is 13.4. The van der Waals surface area contributed by atoms with Crippen molar-refractivity contribution in [3.05, 3.63) is 53.3 Å². The number of hydrogen-bond acceptors (Lipinski definition) is 6. The van der Waals surface area contributed by atoms with E-state index in [-0.39, 0.29) is 39.4 Å². The van der Waals surface area contributed by atoms with Gasteiger partial charge in [-0.1, -0.05) is 27.7 Å². The average Bonchev–Trinajstić information content (AvgIpc) is 2.74. The first-order chi connectivity index (χ1) is 16.7. The van der Waals surface area contributed by atoms with Gasteiger partial charge in [-0.25, -0.2) is 26.3 Å². The number of halogens is 3. The summed E-state index contributed by atoms with van der Waals surface area (Å²) < 4.78 is 74.2. The highest BCUT2D eigenvalue weighted by molar-refractivity contribution is 7.94. The Kier molecular flexibility index (Phi) is 8.64. The molecule has 1 aliphatic rings. The Hall–Kier alpha value is -2.28. The van der Waals surface area contributed by atoms with Crippen LogP contribution in [0.3, 0.4) is 0 Å². The zero-order valence-electron chi connectivity index (χ0n) is 20.4. The monoisotopic (exact) mass is 545 g/mol. The molecule has 12 heteroatoms. The van der Waals surface area contributed by atoms with Gasteiger partial charge in [0.2, 0.25) is 10.0 Å². The average molecular weight is 546 g/mol. The van der Waals surface area contributed by atoms with Crippen LogP contribution in [0.4, 0.5) is 24.5 Å². The van der Waals surface area contributed by atoms with Gasteiger partial charge in [0, 0.05) is 35.2 Å². The van der Waals surface area contributed by atoms with Gasteiger partial charge in [-0.3, -0.25) is 4.79 Å². The number of nitrogen functional groups attached to an aromatic ring is 1. The smallest absolute Gasteiger partial charge is 0.255 e. The molecule has 0 spiro atoms. The maximum absolute atomic E-state index is 13.4. The molecule has 3 rings (SSSR count). The van der Waals surface area contributed by atoms with E-state index in [0.29, 0.717) is 30.9 Å². The lowest BCUT2D eigenvalue weighted by molar-refractivity contribution is 0.102. The third-order valence-electron chi connectivity index (χ3n) is 6.22. The highest BCUT2D eigenvalue weighted by atomic mass is 32.2. The van der Waals surface area contributed by atoms with Gasteiger partial charge in [-0.05, 0) is 54.4 Å². The Balaban J connectivity index is 1.60. The molecule has 0 bridgehead atoms. The van der Waals surface area contributed by atoms with Crippen molar-refractivity contribution in [3.8, 4) is 0 Å². The summed E-state index contributed by atoms with van der Waals surface area (Å²) in [5, 5.41) is 2.21. The summed E-state index contributed by atoms with van der Waals surface area (Å²) >= 11 is 1.39. The van der Waals surface area contributed by atoms with E-state index in [0.717, 1.165) is 11.8 Å². The molecule has 0 unspecified atom stereocenters. The van der Waals surface area contributed by atoms with E-state index in [9.17, 15) is 26.4 Å². The van der Waals surface area contributed by atoms with Crippen molar-refractivity contribution in [2.75, 3.05) is 16.8 Å². The van der Waals surface area contributed by atoms with Crippen LogP contribution in [0.1, 0.15) is 50.9 Å². The van der Waals surface area contributed by atoms with Gasteiger partial charge in [-0.2, -0.15) is 0 Å². The fourth-order valence-corrected chi connectivity index (χ4v) is 5.80. The Bertz CT molecular complexity index is 1210. The first kappa shape index (κ1) is 28.3. The van der Waals surface area contributed by atoms with E-state index in [1.165, 1.54) is 24.2 Å². The highest BCUT2D eigenvalue weighted by Crippen LogP contribution is 2.33. The Labute approximate surface area is 213 Å². The van der Waals surface area contributed by atoms with Gasteiger partial charge in [-0.15, -0.1) is 0 Å². The Morgan fingerprint density at radius 1 is 1.17 bits per heavy atom. The minimum Gasteiger partial charge on any atom is -0.398 e. The number of carbonyl (C=O) groups is 1. The number of sulfonamides is 1. The summed E-state index contributed by atoms with van der Waals surface area (Å²) in [6.45, 7) is 8.65. The number of nitrogens with one attached hydrogen (secondary N) is 2. The summed E-state index contributed by atoms with van der Waals surface area (Å²) in [4.78, 5) is 12.2. The minimum absolute atomic E-state index is 0.0687. The predicted molar refractivity (Wildman–Crippen MR) is 134 cm³/mol. The van der Waals surface area contributed by atoms with Crippen LogP contribution in [0.25, 0.3) is 0 Å². The minimum atomic E-state index is -4.06. The van der Waals surface area contributed by atoms with E-state index >= 15 is 0 Å². The zero-order chi connectivity index (χ0) is 26.8. The number of rotatable bonds is 9. The quantitative estimate of drug-likeness (QED) is 0.230. The van der Waals surface area contributed by atoms with Crippen molar-refractivity contribution in [2.45, 2.75) is 57.6 Å². The third kappa shape index (κ3) is 6.93. The van der Waals surface area contributed by atoms with Crippen LogP contribution in [-0.4, -0.2) is 32.2 Å². The molecule has 2 aromatic carbocycles. The number of anilines is 2. The molecule has 7 nitrogen and oxygen atoms in total. The number of nitrogens with two attached hydrogens (primary N) is 1. The van der Waals surface area contributed by atoms with Gasteiger partial charge in [0.25, 0.3) is 5.91 Å². The molecule has 0 aliphatic heterocycles. The third-order valence-corrected chi connectivity index (χ3v) is 8.84. The summed E-state index contributed by atoms with van der Waals surface area (Å²) in [6, 6.07) is 4.47. The van der Waals surface area contributed by atoms with Gasteiger partial charge < -0.3 is 15.2 Å². The van der Waals surface area contributed by atoms with E-state index in [1.807, 2.05) is 0 Å². The molecule has 4 N–H and O–H groups in total. The molecular formula is C24H30F3N3O4S2. The van der Waals surface area contributed by atoms with Crippen LogP contribution in [0, 0.1) is 28.8 Å². The molecule has 0 saturated heterocycles. The molecule has 1 saturated carbocycles. The second kappa shape index (κ2) is 11.0. The molecule has 1 fully saturated rings. The summed E-state index contributed by atoms with van der Waals surface area (Å²) in [5.41, 5.74) is 5.51. The van der Waals surface area contributed by atoms with Crippen LogP contribution in [0.15, 0.2) is 35.2 Å². The van der Waals surface area contributed by atoms with Gasteiger partial charge in [0.1, 0.15) is 4.90 Å².